The lowest BCUT2D eigenvalue weighted by Gasteiger charge is -2.44. The number of benzene rings is 2. The number of carboxylic acid groups (broad SMARTS) is 1. The number of halogens is 2. The molecule has 3 aromatic rings. The number of amides is 1. The molecule has 1 aromatic heterocycles. The Morgan fingerprint density at radius 3 is 2.61 bits per heavy atom. The van der Waals surface area contributed by atoms with E-state index < -0.39 is 40.1 Å². The topological polar surface area (TPSA) is 99.7 Å². The minimum absolute atomic E-state index is 0.0481. The molecule has 0 bridgehead atoms. The number of unbranched alkanes of at least 4 members (excludes halogenated alkanes) is 2. The highest BCUT2D eigenvalue weighted by Crippen LogP contribution is 2.44. The first kappa shape index (κ1) is 22.8. The second-order valence-electron chi connectivity index (χ2n) is 7.87. The number of H-pyrrole nitrogens is 1. The number of aromatic nitrogens is 1. The highest BCUT2D eigenvalue weighted by Gasteiger charge is 2.48. The number of nitrogens with one attached hydrogen (secondary N) is 1. The van der Waals surface area contributed by atoms with Crippen molar-refractivity contribution in [2.75, 3.05) is 11.5 Å². The minimum atomic E-state index is -1.41. The first-order chi connectivity index (χ1) is 15.8. The van der Waals surface area contributed by atoms with Gasteiger partial charge in [-0.2, -0.15) is 0 Å². The van der Waals surface area contributed by atoms with Gasteiger partial charge in [0.1, 0.15) is 22.5 Å². The van der Waals surface area contributed by atoms with Gasteiger partial charge in [0.2, 0.25) is 11.3 Å². The summed E-state index contributed by atoms with van der Waals surface area (Å²) in [7, 11) is 0. The predicted octanol–water partition coefficient (Wildman–Crippen LogP) is 4.63. The molecule has 0 aliphatic carbocycles. The molecular formula is C24H22ClFN2O5. The first-order valence-corrected chi connectivity index (χ1v) is 11.0. The number of aromatic carboxylic acids is 1. The Labute approximate surface area is 193 Å². The number of carbonyl (C=O) groups excluding carboxylic acids is 1. The van der Waals surface area contributed by atoms with Gasteiger partial charge < -0.3 is 14.8 Å². The van der Waals surface area contributed by atoms with Crippen molar-refractivity contribution in [2.24, 2.45) is 0 Å². The zero-order valence-corrected chi connectivity index (χ0v) is 18.6. The number of hydrogen-bond donors (Lipinski definition) is 2. The van der Waals surface area contributed by atoms with Crippen molar-refractivity contribution in [1.82, 2.24) is 4.98 Å². The third-order valence-corrected chi connectivity index (χ3v) is 6.13. The third-order valence-electron chi connectivity index (χ3n) is 5.71. The molecule has 172 valence electrons. The van der Waals surface area contributed by atoms with E-state index in [1.165, 1.54) is 11.0 Å². The molecule has 7 nitrogen and oxygen atoms in total. The molecule has 0 radical (unpaired) electrons. The fourth-order valence-electron chi connectivity index (χ4n) is 3.92. The second-order valence-corrected chi connectivity index (χ2v) is 8.34. The predicted molar refractivity (Wildman–Crippen MR) is 123 cm³/mol. The van der Waals surface area contributed by atoms with Crippen molar-refractivity contribution in [1.29, 1.82) is 0 Å². The molecule has 4 rings (SSSR count). The molecule has 2 unspecified atom stereocenters. The highest BCUT2D eigenvalue weighted by atomic mass is 35.5. The number of carbonyl (C=O) groups is 2. The Kier molecular flexibility index (Phi) is 6.37. The van der Waals surface area contributed by atoms with Gasteiger partial charge in [0, 0.05) is 11.6 Å². The van der Waals surface area contributed by atoms with Gasteiger partial charge in [0.25, 0.3) is 0 Å². The second kappa shape index (κ2) is 9.23. The maximum atomic E-state index is 15.0. The number of pyridine rings is 1. The van der Waals surface area contributed by atoms with Crippen LogP contribution in [0.25, 0.3) is 10.9 Å². The summed E-state index contributed by atoms with van der Waals surface area (Å²) in [6, 6.07) is 8.79. The van der Waals surface area contributed by atoms with Gasteiger partial charge in [-0.25, -0.2) is 9.18 Å². The normalized spacial score (nSPS) is 17.8. The average Bonchev–Trinajstić information content (AvgIpc) is 2.80. The number of anilines is 1. The molecule has 1 fully saturated rings. The zero-order chi connectivity index (χ0) is 23.7. The van der Waals surface area contributed by atoms with Crippen molar-refractivity contribution >= 4 is 40.1 Å². The number of rotatable bonds is 8. The maximum Gasteiger partial charge on any atom is 0.341 e. The molecule has 1 saturated heterocycles. The lowest BCUT2D eigenvalue weighted by atomic mass is 9.92. The molecule has 1 amide bonds. The van der Waals surface area contributed by atoms with E-state index in [0.717, 1.165) is 31.5 Å². The van der Waals surface area contributed by atoms with E-state index in [2.05, 4.69) is 11.9 Å². The van der Waals surface area contributed by atoms with Gasteiger partial charge in [0.05, 0.1) is 23.9 Å². The van der Waals surface area contributed by atoms with E-state index in [4.69, 9.17) is 21.4 Å². The van der Waals surface area contributed by atoms with E-state index in [-0.39, 0.29) is 16.6 Å². The van der Waals surface area contributed by atoms with Crippen LogP contribution in [-0.4, -0.2) is 34.0 Å². The summed E-state index contributed by atoms with van der Waals surface area (Å²) < 4.78 is 20.7. The van der Waals surface area contributed by atoms with Gasteiger partial charge in [-0.1, -0.05) is 31.9 Å². The molecule has 0 spiro atoms. The van der Waals surface area contributed by atoms with Crippen LogP contribution < -0.4 is 15.1 Å². The Bertz CT molecular complexity index is 1270. The fraction of sp³-hybridized carbons (Fsp3) is 0.292. The summed E-state index contributed by atoms with van der Waals surface area (Å²) in [5.41, 5.74) is -0.428. The number of ether oxygens (including phenoxy) is 1. The minimum Gasteiger partial charge on any atom is -0.494 e. The quantitative estimate of drug-likeness (QED) is 0.283. The van der Waals surface area contributed by atoms with E-state index in [0.29, 0.717) is 17.9 Å². The smallest absolute Gasteiger partial charge is 0.341 e. The van der Waals surface area contributed by atoms with Gasteiger partial charge in [0.15, 0.2) is 0 Å². The van der Waals surface area contributed by atoms with Crippen LogP contribution in [0.4, 0.5) is 10.1 Å². The Morgan fingerprint density at radius 2 is 1.94 bits per heavy atom. The van der Waals surface area contributed by atoms with E-state index in [1.54, 1.807) is 24.3 Å². The standard InChI is InChI=1S/C24H22ClFN2O5/c1-2-3-4-9-33-14-7-5-13(6-8-14)21-20(25)23(30)28(21)19-11-18-15(10-17(19)26)22(29)16(12-27-18)24(31)32/h5-8,10-12,20-21H,2-4,9H2,1H3,(H,27,29)(H,31,32). The van der Waals surface area contributed by atoms with Gasteiger partial charge in [-0.05, 0) is 36.2 Å². The first-order valence-electron chi connectivity index (χ1n) is 10.6. The summed E-state index contributed by atoms with van der Waals surface area (Å²) in [4.78, 5) is 40.0. The lowest BCUT2D eigenvalue weighted by molar-refractivity contribution is -0.123. The summed E-state index contributed by atoms with van der Waals surface area (Å²) in [6.07, 6.45) is 4.20. The lowest BCUT2D eigenvalue weighted by Crippen LogP contribution is -2.56. The van der Waals surface area contributed by atoms with Crippen molar-refractivity contribution in [3.63, 3.8) is 0 Å². The van der Waals surface area contributed by atoms with Crippen LogP contribution in [0.3, 0.4) is 0 Å². The number of hydrogen-bond acceptors (Lipinski definition) is 4. The van der Waals surface area contributed by atoms with Crippen molar-refractivity contribution in [3.8, 4) is 5.75 Å². The zero-order valence-electron chi connectivity index (χ0n) is 17.8. The van der Waals surface area contributed by atoms with E-state index in [1.807, 2.05) is 0 Å². The molecule has 2 N–H and O–H groups in total. The number of nitrogens with zero attached hydrogens (tertiary/aromatic N) is 1. The molecular weight excluding hydrogens is 451 g/mol. The summed E-state index contributed by atoms with van der Waals surface area (Å²) in [6.45, 7) is 2.73. The van der Waals surface area contributed by atoms with E-state index >= 15 is 4.39 Å². The van der Waals surface area contributed by atoms with Gasteiger partial charge in [-0.15, -0.1) is 11.6 Å². The van der Waals surface area contributed by atoms with Crippen LogP contribution in [0.5, 0.6) is 5.75 Å². The molecule has 2 aromatic carbocycles. The SMILES string of the molecule is CCCCCOc1ccc(C2C(Cl)C(=O)N2c2cc3[nH]cc(C(=O)O)c(=O)c3cc2F)cc1. The van der Waals surface area contributed by atoms with Crippen LogP contribution in [0.15, 0.2) is 47.4 Å². The van der Waals surface area contributed by atoms with Crippen LogP contribution in [0, 0.1) is 5.82 Å². The molecule has 2 atom stereocenters. The number of carboxylic acids is 1. The number of alkyl halides is 1. The summed E-state index contributed by atoms with van der Waals surface area (Å²) in [5, 5.41) is 8.12. The largest absolute Gasteiger partial charge is 0.494 e. The van der Waals surface area contributed by atoms with Crippen LogP contribution in [0.1, 0.15) is 48.1 Å². The molecule has 0 saturated carbocycles. The number of fused-ring (bicyclic) bond motifs is 1. The third kappa shape index (κ3) is 4.18. The van der Waals surface area contributed by atoms with Crippen molar-refractivity contribution in [2.45, 2.75) is 37.6 Å². The molecule has 33 heavy (non-hydrogen) atoms. The van der Waals surface area contributed by atoms with Crippen LogP contribution >= 0.6 is 11.6 Å². The van der Waals surface area contributed by atoms with Crippen molar-refractivity contribution in [3.05, 3.63) is 69.8 Å². The number of β-lactam (4-membered cyclic amide) rings is 1. The Morgan fingerprint density at radius 1 is 1.21 bits per heavy atom. The van der Waals surface area contributed by atoms with Gasteiger partial charge in [-0.3, -0.25) is 14.5 Å². The average molecular weight is 473 g/mol. The summed E-state index contributed by atoms with van der Waals surface area (Å²) >= 11 is 6.29. The van der Waals surface area contributed by atoms with E-state index in [9.17, 15) is 14.4 Å². The molecule has 9 heteroatoms. The van der Waals surface area contributed by atoms with Crippen molar-refractivity contribution < 1.29 is 23.8 Å². The molecule has 1 aliphatic rings. The fourth-order valence-corrected chi connectivity index (χ4v) is 4.28. The maximum absolute atomic E-state index is 15.0. The van der Waals surface area contributed by atoms with Crippen LogP contribution in [0.2, 0.25) is 0 Å². The Hall–Kier alpha value is -3.39. The van der Waals surface area contributed by atoms with Gasteiger partial charge >= 0.3 is 5.97 Å². The molecule has 2 heterocycles. The summed E-state index contributed by atoms with van der Waals surface area (Å²) in [5.74, 6) is -2.01. The highest BCUT2D eigenvalue weighted by molar-refractivity contribution is 6.37. The number of aromatic amines is 1. The monoisotopic (exact) mass is 472 g/mol. The van der Waals surface area contributed by atoms with Crippen LogP contribution in [-0.2, 0) is 4.79 Å². The molecule has 1 aliphatic heterocycles. The Balaban J connectivity index is 1.63.